The molecule has 0 fully saturated rings. The molecule has 0 aliphatic rings. The van der Waals surface area contributed by atoms with Crippen molar-refractivity contribution in [3.8, 4) is 5.75 Å². The SMILES string of the molecule is COC(=O)N[C@@H](CCc1ccccc1)C(=O)c1ccc(Cl)c(OC)c1. The van der Waals surface area contributed by atoms with Crippen LogP contribution in [-0.2, 0) is 11.2 Å². The fourth-order valence-electron chi connectivity index (χ4n) is 2.44. The van der Waals surface area contributed by atoms with Gasteiger partial charge in [0.1, 0.15) is 5.75 Å². The molecule has 1 atom stereocenters. The second-order valence-corrected chi connectivity index (χ2v) is 5.83. The van der Waals surface area contributed by atoms with Crippen LogP contribution >= 0.6 is 11.6 Å². The van der Waals surface area contributed by atoms with Gasteiger partial charge in [0.15, 0.2) is 5.78 Å². The number of ether oxygens (including phenoxy) is 2. The molecule has 2 aromatic rings. The number of methoxy groups -OCH3 is 2. The van der Waals surface area contributed by atoms with Gasteiger partial charge in [-0.1, -0.05) is 41.9 Å². The van der Waals surface area contributed by atoms with E-state index in [1.807, 2.05) is 30.3 Å². The maximum atomic E-state index is 12.8. The molecule has 0 bridgehead atoms. The van der Waals surface area contributed by atoms with Crippen LogP contribution in [0.2, 0.25) is 5.02 Å². The van der Waals surface area contributed by atoms with Crippen molar-refractivity contribution in [2.45, 2.75) is 18.9 Å². The Morgan fingerprint density at radius 1 is 1.12 bits per heavy atom. The van der Waals surface area contributed by atoms with Gasteiger partial charge >= 0.3 is 6.09 Å². The lowest BCUT2D eigenvalue weighted by molar-refractivity contribution is 0.0926. The van der Waals surface area contributed by atoms with Crippen molar-refractivity contribution in [1.82, 2.24) is 5.32 Å². The first-order valence-electron chi connectivity index (χ1n) is 7.81. The number of ketones is 1. The summed E-state index contributed by atoms with van der Waals surface area (Å²) in [7, 11) is 2.74. The number of hydrogen-bond donors (Lipinski definition) is 1. The molecule has 25 heavy (non-hydrogen) atoms. The number of benzene rings is 2. The van der Waals surface area contributed by atoms with E-state index in [1.165, 1.54) is 14.2 Å². The van der Waals surface area contributed by atoms with E-state index in [4.69, 9.17) is 16.3 Å². The Balaban J connectivity index is 2.18. The molecule has 1 N–H and O–H groups in total. The number of amides is 1. The summed E-state index contributed by atoms with van der Waals surface area (Å²) >= 11 is 6.00. The van der Waals surface area contributed by atoms with Gasteiger partial charge < -0.3 is 14.8 Å². The summed E-state index contributed by atoms with van der Waals surface area (Å²) in [4.78, 5) is 24.4. The minimum atomic E-state index is -0.710. The molecule has 2 rings (SSSR count). The summed E-state index contributed by atoms with van der Waals surface area (Å²) in [6.07, 6.45) is 0.446. The van der Waals surface area contributed by atoms with Gasteiger partial charge in [-0.3, -0.25) is 4.79 Å². The van der Waals surface area contributed by atoms with E-state index < -0.39 is 12.1 Å². The first-order valence-corrected chi connectivity index (χ1v) is 8.19. The maximum absolute atomic E-state index is 12.8. The Bertz CT molecular complexity index is 733. The van der Waals surface area contributed by atoms with E-state index in [0.717, 1.165) is 5.56 Å². The molecule has 5 nitrogen and oxygen atoms in total. The molecule has 0 radical (unpaired) electrons. The van der Waals surface area contributed by atoms with Crippen molar-refractivity contribution >= 4 is 23.5 Å². The Morgan fingerprint density at radius 2 is 1.84 bits per heavy atom. The number of rotatable bonds is 7. The fourth-order valence-corrected chi connectivity index (χ4v) is 2.63. The number of nitrogens with one attached hydrogen (secondary N) is 1. The van der Waals surface area contributed by atoms with Gasteiger partial charge in [0.05, 0.1) is 25.3 Å². The van der Waals surface area contributed by atoms with E-state index in [0.29, 0.717) is 29.2 Å². The summed E-state index contributed by atoms with van der Waals surface area (Å²) in [5.74, 6) is 0.184. The van der Waals surface area contributed by atoms with Crippen molar-refractivity contribution < 1.29 is 19.1 Å². The van der Waals surface area contributed by atoms with Crippen LogP contribution in [0.3, 0.4) is 0 Å². The standard InChI is InChI=1S/C19H20ClNO4/c1-24-17-12-14(9-10-15(17)20)18(22)16(21-19(23)25-2)11-8-13-6-4-3-5-7-13/h3-7,9-10,12,16H,8,11H2,1-2H3,(H,21,23)/t16-/m0/s1. The number of hydrogen-bond acceptors (Lipinski definition) is 4. The fraction of sp³-hybridized carbons (Fsp3) is 0.263. The summed E-state index contributed by atoms with van der Waals surface area (Å²) in [5.41, 5.74) is 1.50. The molecule has 0 aromatic heterocycles. The molecule has 0 aliphatic heterocycles. The van der Waals surface area contributed by atoms with Gasteiger partial charge in [0, 0.05) is 5.56 Å². The van der Waals surface area contributed by atoms with Gasteiger partial charge in [0.2, 0.25) is 0 Å². The highest BCUT2D eigenvalue weighted by molar-refractivity contribution is 6.32. The average Bonchev–Trinajstić information content (AvgIpc) is 2.65. The summed E-state index contributed by atoms with van der Waals surface area (Å²) in [6, 6.07) is 13.8. The molecule has 0 spiro atoms. The normalized spacial score (nSPS) is 11.5. The Labute approximate surface area is 151 Å². The molecule has 0 unspecified atom stereocenters. The Hall–Kier alpha value is -2.53. The zero-order valence-corrected chi connectivity index (χ0v) is 14.9. The van der Waals surface area contributed by atoms with Gasteiger partial charge in [-0.05, 0) is 36.6 Å². The first-order chi connectivity index (χ1) is 12.0. The van der Waals surface area contributed by atoms with Crippen LogP contribution in [0.4, 0.5) is 4.79 Å². The minimum Gasteiger partial charge on any atom is -0.495 e. The predicted molar refractivity (Wildman–Crippen MR) is 96.4 cm³/mol. The van der Waals surface area contributed by atoms with E-state index in [-0.39, 0.29) is 5.78 Å². The van der Waals surface area contributed by atoms with Gasteiger partial charge in [0.25, 0.3) is 0 Å². The minimum absolute atomic E-state index is 0.226. The number of carbonyl (C=O) groups excluding carboxylic acids is 2. The van der Waals surface area contributed by atoms with Crippen LogP contribution in [0.5, 0.6) is 5.75 Å². The largest absolute Gasteiger partial charge is 0.495 e. The third kappa shape index (κ3) is 5.22. The highest BCUT2D eigenvalue weighted by atomic mass is 35.5. The molecule has 0 saturated heterocycles. The maximum Gasteiger partial charge on any atom is 0.407 e. The number of Topliss-reactive ketones (excluding diaryl/α,β-unsaturated/α-hetero) is 1. The van der Waals surface area contributed by atoms with Crippen LogP contribution in [0.1, 0.15) is 22.3 Å². The zero-order valence-electron chi connectivity index (χ0n) is 14.1. The number of halogens is 1. The Kier molecular flexibility index (Phi) is 6.83. The smallest absolute Gasteiger partial charge is 0.407 e. The van der Waals surface area contributed by atoms with Crippen LogP contribution in [0.15, 0.2) is 48.5 Å². The number of alkyl carbamates (subject to hydrolysis) is 1. The monoisotopic (exact) mass is 361 g/mol. The molecule has 0 aliphatic carbocycles. The van der Waals surface area contributed by atoms with Gasteiger partial charge in [-0.2, -0.15) is 0 Å². The topological polar surface area (TPSA) is 64.6 Å². The molecule has 0 heterocycles. The zero-order chi connectivity index (χ0) is 18.2. The van der Waals surface area contributed by atoms with Crippen LogP contribution in [0.25, 0.3) is 0 Å². The van der Waals surface area contributed by atoms with Crippen molar-refractivity contribution in [3.05, 3.63) is 64.7 Å². The second-order valence-electron chi connectivity index (χ2n) is 5.43. The number of aryl methyl sites for hydroxylation is 1. The molecular weight excluding hydrogens is 342 g/mol. The second kappa shape index (κ2) is 9.08. The molecular formula is C19H20ClNO4. The predicted octanol–water partition coefficient (Wildman–Crippen LogP) is 3.89. The van der Waals surface area contributed by atoms with Crippen molar-refractivity contribution in [1.29, 1.82) is 0 Å². The third-order valence-electron chi connectivity index (χ3n) is 3.79. The van der Waals surface area contributed by atoms with Crippen LogP contribution < -0.4 is 10.1 Å². The summed E-state index contributed by atoms with van der Waals surface area (Å²) in [5, 5.41) is 3.02. The summed E-state index contributed by atoms with van der Waals surface area (Å²) < 4.78 is 9.79. The molecule has 132 valence electrons. The average molecular weight is 362 g/mol. The highest BCUT2D eigenvalue weighted by Crippen LogP contribution is 2.26. The lowest BCUT2D eigenvalue weighted by atomic mass is 9.97. The molecule has 6 heteroatoms. The van der Waals surface area contributed by atoms with E-state index in [9.17, 15) is 9.59 Å². The molecule has 1 amide bonds. The van der Waals surface area contributed by atoms with E-state index in [1.54, 1.807) is 18.2 Å². The van der Waals surface area contributed by atoms with Crippen molar-refractivity contribution in [3.63, 3.8) is 0 Å². The van der Waals surface area contributed by atoms with Crippen LogP contribution in [-0.4, -0.2) is 32.1 Å². The molecule has 2 aromatic carbocycles. The Morgan fingerprint density at radius 3 is 2.48 bits per heavy atom. The quantitative estimate of drug-likeness (QED) is 0.760. The lowest BCUT2D eigenvalue weighted by Gasteiger charge is -2.17. The van der Waals surface area contributed by atoms with Crippen LogP contribution in [0, 0.1) is 0 Å². The third-order valence-corrected chi connectivity index (χ3v) is 4.11. The van der Waals surface area contributed by atoms with Crippen molar-refractivity contribution in [2.24, 2.45) is 0 Å². The lowest BCUT2D eigenvalue weighted by Crippen LogP contribution is -2.41. The van der Waals surface area contributed by atoms with Gasteiger partial charge in [-0.25, -0.2) is 4.79 Å². The van der Waals surface area contributed by atoms with E-state index in [2.05, 4.69) is 10.1 Å². The van der Waals surface area contributed by atoms with Gasteiger partial charge in [-0.15, -0.1) is 0 Å². The number of carbonyl (C=O) groups is 2. The van der Waals surface area contributed by atoms with E-state index >= 15 is 0 Å². The molecule has 0 saturated carbocycles. The highest BCUT2D eigenvalue weighted by Gasteiger charge is 2.23. The first kappa shape index (κ1) is 18.8. The van der Waals surface area contributed by atoms with Crippen molar-refractivity contribution in [2.75, 3.05) is 14.2 Å². The summed E-state index contributed by atoms with van der Waals surface area (Å²) in [6.45, 7) is 0.